The Morgan fingerprint density at radius 3 is 2.81 bits per heavy atom. The van der Waals surface area contributed by atoms with Crippen LogP contribution in [-0.4, -0.2) is 64.8 Å². The highest BCUT2D eigenvalue weighted by Crippen LogP contribution is 2.30. The molecule has 2 aliphatic rings. The third-order valence-corrected chi connectivity index (χ3v) is 6.82. The van der Waals surface area contributed by atoms with Gasteiger partial charge in [0.15, 0.2) is 0 Å². The van der Waals surface area contributed by atoms with Crippen LogP contribution in [0.5, 0.6) is 0 Å². The Morgan fingerprint density at radius 1 is 1.14 bits per heavy atom. The number of nitrogens with zero attached hydrogens (tertiary/aromatic N) is 4. The lowest BCUT2D eigenvalue weighted by atomic mass is 10.1. The van der Waals surface area contributed by atoms with Gasteiger partial charge in [0.2, 0.25) is 5.95 Å². The normalized spacial score (nSPS) is 18.4. The summed E-state index contributed by atoms with van der Waals surface area (Å²) >= 11 is 0. The number of nitrogens with one attached hydrogen (secondary N) is 1. The number of carboxylic acid groups (broad SMARTS) is 1. The Labute approximate surface area is 210 Å². The van der Waals surface area contributed by atoms with Gasteiger partial charge in [0.1, 0.15) is 6.04 Å². The number of hydrogen-bond donors (Lipinski definition) is 3. The topological polar surface area (TPSA) is 117 Å². The third kappa shape index (κ3) is 5.48. The molecule has 0 bridgehead atoms. The van der Waals surface area contributed by atoms with E-state index in [9.17, 15) is 9.90 Å². The number of nitrogens with two attached hydrogens (primary N) is 1. The minimum Gasteiger partial charge on any atom is -0.480 e. The lowest BCUT2D eigenvalue weighted by molar-refractivity contribution is -0.142. The number of carboxylic acids is 1. The van der Waals surface area contributed by atoms with Crippen LogP contribution in [0.4, 0.5) is 17.3 Å². The van der Waals surface area contributed by atoms with E-state index in [1.807, 2.05) is 36.4 Å². The number of morpholine rings is 1. The Morgan fingerprint density at radius 2 is 2.00 bits per heavy atom. The smallest absolute Gasteiger partial charge is 0.320 e. The zero-order valence-electron chi connectivity index (χ0n) is 20.3. The van der Waals surface area contributed by atoms with Crippen molar-refractivity contribution in [3.05, 3.63) is 65.9 Å². The summed E-state index contributed by atoms with van der Waals surface area (Å²) in [6, 6.07) is 15.7. The van der Waals surface area contributed by atoms with Crippen molar-refractivity contribution < 1.29 is 14.6 Å². The van der Waals surface area contributed by atoms with Gasteiger partial charge in [-0.3, -0.25) is 9.69 Å². The summed E-state index contributed by atoms with van der Waals surface area (Å²) in [5.74, 6) is -0.251. The second-order valence-corrected chi connectivity index (χ2v) is 9.20. The maximum atomic E-state index is 11.8. The highest BCUT2D eigenvalue weighted by molar-refractivity contribution is 5.74. The summed E-state index contributed by atoms with van der Waals surface area (Å²) < 4.78 is 5.54. The van der Waals surface area contributed by atoms with Gasteiger partial charge >= 0.3 is 5.97 Å². The first kappa shape index (κ1) is 24.2. The van der Waals surface area contributed by atoms with E-state index in [4.69, 9.17) is 15.5 Å². The molecule has 0 amide bonds. The first-order valence-corrected chi connectivity index (χ1v) is 12.4. The maximum absolute atomic E-state index is 11.8. The molecule has 0 aliphatic carbocycles. The molecule has 0 radical (unpaired) electrons. The Kier molecular flexibility index (Phi) is 7.41. The highest BCUT2D eigenvalue weighted by Gasteiger charge is 2.31. The van der Waals surface area contributed by atoms with Gasteiger partial charge in [-0.05, 0) is 60.8 Å². The molecule has 1 aromatic heterocycles. The van der Waals surface area contributed by atoms with Gasteiger partial charge in [0, 0.05) is 49.3 Å². The Hall–Kier alpha value is -3.53. The van der Waals surface area contributed by atoms with Crippen LogP contribution >= 0.6 is 0 Å². The molecule has 5 rings (SSSR count). The minimum atomic E-state index is -0.751. The van der Waals surface area contributed by atoms with E-state index in [1.165, 1.54) is 0 Å². The number of hydrogen-bond acceptors (Lipinski definition) is 8. The van der Waals surface area contributed by atoms with E-state index in [0.717, 1.165) is 59.8 Å². The number of likely N-dealkylation sites (tertiary alicyclic amines) is 1. The van der Waals surface area contributed by atoms with Crippen molar-refractivity contribution in [1.82, 2.24) is 14.9 Å². The van der Waals surface area contributed by atoms with Gasteiger partial charge in [-0.25, -0.2) is 9.97 Å². The number of benzene rings is 2. The number of aliphatic carboxylic acids is 1. The predicted octanol–water partition coefficient (Wildman–Crippen LogP) is 3.23. The molecule has 3 aromatic rings. The molecule has 0 spiro atoms. The van der Waals surface area contributed by atoms with Crippen LogP contribution in [-0.2, 0) is 22.6 Å². The van der Waals surface area contributed by atoms with Crippen molar-refractivity contribution in [2.75, 3.05) is 43.1 Å². The lowest BCUT2D eigenvalue weighted by Gasteiger charge is -2.32. The van der Waals surface area contributed by atoms with Gasteiger partial charge in [-0.2, -0.15) is 0 Å². The summed E-state index contributed by atoms with van der Waals surface area (Å²) in [5, 5.41) is 13.0. The minimum absolute atomic E-state index is 0.441. The molecule has 4 N–H and O–H groups in total. The SMILES string of the molecule is NCc1cccc(-c2ccnc(Nc3ccc(N4CCOCC4)c(CN4CCCC4C(=O)O)c3)n2)c1. The van der Waals surface area contributed by atoms with E-state index in [2.05, 4.69) is 32.2 Å². The van der Waals surface area contributed by atoms with E-state index in [-0.39, 0.29) is 0 Å². The van der Waals surface area contributed by atoms with Crippen LogP contribution in [0.15, 0.2) is 54.7 Å². The monoisotopic (exact) mass is 488 g/mol. The second kappa shape index (κ2) is 11.0. The number of anilines is 3. The van der Waals surface area contributed by atoms with Crippen LogP contribution in [0.3, 0.4) is 0 Å². The molecule has 1 atom stereocenters. The van der Waals surface area contributed by atoms with Crippen molar-refractivity contribution in [3.8, 4) is 11.3 Å². The van der Waals surface area contributed by atoms with E-state index < -0.39 is 12.0 Å². The molecule has 9 nitrogen and oxygen atoms in total. The predicted molar refractivity (Wildman–Crippen MR) is 139 cm³/mol. The van der Waals surface area contributed by atoms with E-state index in [0.29, 0.717) is 38.7 Å². The summed E-state index contributed by atoms with van der Waals surface area (Å²) in [6.45, 7) is 4.84. The first-order chi connectivity index (χ1) is 17.6. The van der Waals surface area contributed by atoms with E-state index >= 15 is 0 Å². The largest absolute Gasteiger partial charge is 0.480 e. The molecule has 0 saturated carbocycles. The quantitative estimate of drug-likeness (QED) is 0.439. The summed E-state index contributed by atoms with van der Waals surface area (Å²) in [6.07, 6.45) is 3.32. The molecule has 188 valence electrons. The summed E-state index contributed by atoms with van der Waals surface area (Å²) in [5.41, 5.74) is 11.7. The van der Waals surface area contributed by atoms with Crippen molar-refractivity contribution in [2.24, 2.45) is 5.73 Å². The van der Waals surface area contributed by atoms with Gasteiger partial charge in [0.25, 0.3) is 0 Å². The van der Waals surface area contributed by atoms with Crippen LogP contribution in [0.25, 0.3) is 11.3 Å². The summed E-state index contributed by atoms with van der Waals surface area (Å²) in [4.78, 5) is 25.3. The molecule has 2 aromatic carbocycles. The highest BCUT2D eigenvalue weighted by atomic mass is 16.5. The molecule has 3 heterocycles. The fourth-order valence-electron chi connectivity index (χ4n) is 4.98. The second-order valence-electron chi connectivity index (χ2n) is 9.20. The van der Waals surface area contributed by atoms with Crippen molar-refractivity contribution in [3.63, 3.8) is 0 Å². The molecule has 36 heavy (non-hydrogen) atoms. The van der Waals surface area contributed by atoms with Gasteiger partial charge in [0.05, 0.1) is 18.9 Å². The van der Waals surface area contributed by atoms with Crippen molar-refractivity contribution in [2.45, 2.75) is 32.0 Å². The number of rotatable bonds is 8. The number of ether oxygens (including phenoxy) is 1. The van der Waals surface area contributed by atoms with Crippen LogP contribution < -0.4 is 16.0 Å². The zero-order valence-corrected chi connectivity index (χ0v) is 20.3. The maximum Gasteiger partial charge on any atom is 0.320 e. The average Bonchev–Trinajstić information content (AvgIpc) is 3.38. The fourth-order valence-corrected chi connectivity index (χ4v) is 4.98. The standard InChI is InChI=1S/C27H32N6O3/c28-17-19-3-1-4-20(15-19)23-8-9-29-27(31-23)30-22-6-7-24(32-11-13-36-14-12-32)21(16-22)18-33-10-2-5-25(33)26(34)35/h1,3-4,6-9,15-16,25H,2,5,10-14,17-18,28H2,(H,34,35)(H,29,30,31). The number of aromatic nitrogens is 2. The van der Waals surface area contributed by atoms with Gasteiger partial charge < -0.3 is 25.8 Å². The van der Waals surface area contributed by atoms with Crippen LogP contribution in [0.2, 0.25) is 0 Å². The van der Waals surface area contributed by atoms with Crippen molar-refractivity contribution >= 4 is 23.3 Å². The molecular formula is C27H32N6O3. The molecule has 2 aliphatic heterocycles. The molecule has 9 heteroatoms. The zero-order chi connectivity index (χ0) is 24.9. The van der Waals surface area contributed by atoms with Crippen LogP contribution in [0, 0.1) is 0 Å². The van der Waals surface area contributed by atoms with Gasteiger partial charge in [-0.15, -0.1) is 0 Å². The fraction of sp³-hybridized carbons (Fsp3) is 0.370. The Balaban J connectivity index is 1.41. The molecule has 2 fully saturated rings. The first-order valence-electron chi connectivity index (χ1n) is 12.4. The lowest BCUT2D eigenvalue weighted by Crippen LogP contribution is -2.38. The molecule has 1 unspecified atom stereocenters. The third-order valence-electron chi connectivity index (χ3n) is 6.82. The molecule has 2 saturated heterocycles. The van der Waals surface area contributed by atoms with Crippen LogP contribution in [0.1, 0.15) is 24.0 Å². The summed E-state index contributed by atoms with van der Waals surface area (Å²) in [7, 11) is 0. The van der Waals surface area contributed by atoms with Crippen molar-refractivity contribution in [1.29, 1.82) is 0 Å². The molecular weight excluding hydrogens is 456 g/mol. The average molecular weight is 489 g/mol. The number of carbonyl (C=O) groups is 1. The van der Waals surface area contributed by atoms with E-state index in [1.54, 1.807) is 6.20 Å². The Bertz CT molecular complexity index is 1210. The van der Waals surface area contributed by atoms with Gasteiger partial charge in [-0.1, -0.05) is 18.2 Å².